The topological polar surface area (TPSA) is 61.1 Å². The molecule has 0 aliphatic carbocycles. The largest absolute Gasteiger partial charge is 0.478 e. The minimum atomic E-state index is -0.855. The van der Waals surface area contributed by atoms with Crippen LogP contribution in [0.3, 0.4) is 0 Å². The van der Waals surface area contributed by atoms with Crippen molar-refractivity contribution in [1.29, 1.82) is 5.26 Å². The third-order valence-electron chi connectivity index (χ3n) is 1.55. The summed E-state index contributed by atoms with van der Waals surface area (Å²) < 4.78 is 0. The van der Waals surface area contributed by atoms with E-state index in [4.69, 9.17) is 10.4 Å². The van der Waals surface area contributed by atoms with Gasteiger partial charge < -0.3 is 5.11 Å². The Morgan fingerprint density at radius 2 is 2.31 bits per heavy atom. The summed E-state index contributed by atoms with van der Waals surface area (Å²) in [7, 11) is 0. The van der Waals surface area contributed by atoms with Gasteiger partial charge in [-0.2, -0.15) is 5.26 Å². The SMILES string of the molecule is CC(=CCCCCSC#N)C(=O)O. The average molecular weight is 199 g/mol. The minimum absolute atomic E-state index is 0.396. The molecule has 0 radical (unpaired) electrons. The van der Waals surface area contributed by atoms with Gasteiger partial charge in [0.25, 0.3) is 0 Å². The number of aliphatic carboxylic acids is 1. The van der Waals surface area contributed by atoms with Gasteiger partial charge in [0.2, 0.25) is 0 Å². The number of unbranched alkanes of at least 4 members (excludes halogenated alkanes) is 2. The fourth-order valence-corrected chi connectivity index (χ4v) is 1.21. The Bertz CT molecular complexity index is 230. The summed E-state index contributed by atoms with van der Waals surface area (Å²) in [5, 5.41) is 18.7. The molecule has 0 aromatic rings. The van der Waals surface area contributed by atoms with Crippen molar-refractivity contribution < 1.29 is 9.90 Å². The smallest absolute Gasteiger partial charge is 0.330 e. The van der Waals surface area contributed by atoms with Crippen molar-refractivity contribution >= 4 is 17.7 Å². The van der Waals surface area contributed by atoms with Gasteiger partial charge in [-0.15, -0.1) is 0 Å². The zero-order valence-corrected chi connectivity index (χ0v) is 8.43. The normalized spacial score (nSPS) is 10.9. The van der Waals surface area contributed by atoms with Crippen LogP contribution < -0.4 is 0 Å². The van der Waals surface area contributed by atoms with Gasteiger partial charge in [0, 0.05) is 11.3 Å². The number of hydrogen-bond donors (Lipinski definition) is 1. The summed E-state index contributed by atoms with van der Waals surface area (Å²) in [6.07, 6.45) is 4.41. The summed E-state index contributed by atoms with van der Waals surface area (Å²) in [6, 6.07) is 0. The molecule has 1 N–H and O–H groups in total. The number of nitrogens with zero attached hydrogens (tertiary/aromatic N) is 1. The molecule has 0 rings (SSSR count). The highest BCUT2D eigenvalue weighted by Gasteiger charge is 1.97. The van der Waals surface area contributed by atoms with Gasteiger partial charge in [0.15, 0.2) is 0 Å². The predicted molar refractivity (Wildman–Crippen MR) is 53.3 cm³/mol. The van der Waals surface area contributed by atoms with Crippen LogP contribution in [0, 0.1) is 10.7 Å². The van der Waals surface area contributed by atoms with Gasteiger partial charge in [0.05, 0.1) is 0 Å². The number of allylic oxidation sites excluding steroid dienone is 1. The van der Waals surface area contributed by atoms with Crippen LogP contribution in [0.1, 0.15) is 26.2 Å². The fourth-order valence-electron chi connectivity index (χ4n) is 0.770. The molecule has 0 unspecified atom stereocenters. The van der Waals surface area contributed by atoms with E-state index in [-0.39, 0.29) is 0 Å². The van der Waals surface area contributed by atoms with Gasteiger partial charge in [-0.3, -0.25) is 0 Å². The molecular weight excluding hydrogens is 186 g/mol. The molecule has 0 aliphatic heterocycles. The first-order chi connectivity index (χ1) is 6.18. The van der Waals surface area contributed by atoms with Crippen LogP contribution in [0.4, 0.5) is 0 Å². The maximum absolute atomic E-state index is 10.4. The standard InChI is InChI=1S/C9H13NO2S/c1-8(9(11)12)5-3-2-4-6-13-7-10/h5H,2-4,6H2,1H3,(H,11,12). The average Bonchev–Trinajstić information content (AvgIpc) is 2.10. The highest BCUT2D eigenvalue weighted by Crippen LogP contribution is 2.06. The maximum atomic E-state index is 10.4. The second-order valence-corrected chi connectivity index (χ2v) is 3.51. The Kier molecular flexibility index (Phi) is 7.12. The van der Waals surface area contributed by atoms with Crippen molar-refractivity contribution in [2.45, 2.75) is 26.2 Å². The molecule has 0 bridgehead atoms. The Balaban J connectivity index is 3.40. The van der Waals surface area contributed by atoms with E-state index in [0.29, 0.717) is 5.57 Å². The third-order valence-corrected chi connectivity index (χ3v) is 2.17. The highest BCUT2D eigenvalue weighted by molar-refractivity contribution is 8.03. The van der Waals surface area contributed by atoms with Gasteiger partial charge >= 0.3 is 5.97 Å². The van der Waals surface area contributed by atoms with Gasteiger partial charge in [-0.25, -0.2) is 4.79 Å². The zero-order chi connectivity index (χ0) is 10.1. The molecule has 3 nitrogen and oxygen atoms in total. The van der Waals surface area contributed by atoms with E-state index < -0.39 is 5.97 Å². The molecule has 0 fully saturated rings. The second-order valence-electron chi connectivity index (χ2n) is 2.63. The van der Waals surface area contributed by atoms with Gasteiger partial charge in [0.1, 0.15) is 5.40 Å². The number of rotatable bonds is 6. The van der Waals surface area contributed by atoms with Crippen molar-refractivity contribution in [3.8, 4) is 5.40 Å². The summed E-state index contributed by atoms with van der Waals surface area (Å²) in [5.41, 5.74) is 0.396. The van der Waals surface area contributed by atoms with Crippen LogP contribution in [-0.2, 0) is 4.79 Å². The number of carboxylic acids is 1. The van der Waals surface area contributed by atoms with Gasteiger partial charge in [-0.05, 0) is 37.9 Å². The summed E-state index contributed by atoms with van der Waals surface area (Å²) in [6.45, 7) is 1.59. The third kappa shape index (κ3) is 7.41. The number of carboxylic acid groups (broad SMARTS) is 1. The summed E-state index contributed by atoms with van der Waals surface area (Å²) >= 11 is 1.24. The molecule has 0 saturated carbocycles. The molecular formula is C9H13NO2S. The quantitative estimate of drug-likeness (QED) is 0.405. The van der Waals surface area contributed by atoms with E-state index in [1.807, 2.05) is 5.40 Å². The number of thiocyanates is 1. The van der Waals surface area contributed by atoms with Crippen molar-refractivity contribution in [2.75, 3.05) is 5.75 Å². The molecule has 0 aromatic heterocycles. The van der Waals surface area contributed by atoms with Crippen LogP contribution >= 0.6 is 11.8 Å². The molecule has 0 atom stereocenters. The zero-order valence-electron chi connectivity index (χ0n) is 7.62. The van der Waals surface area contributed by atoms with E-state index >= 15 is 0 Å². The molecule has 0 saturated heterocycles. The fraction of sp³-hybridized carbons (Fsp3) is 0.556. The number of thioether (sulfide) groups is 1. The van der Waals surface area contributed by atoms with Crippen LogP contribution in [0.5, 0.6) is 0 Å². The first-order valence-corrected chi connectivity index (χ1v) is 5.08. The van der Waals surface area contributed by atoms with E-state index in [9.17, 15) is 4.79 Å². The van der Waals surface area contributed by atoms with Crippen molar-refractivity contribution in [3.05, 3.63) is 11.6 Å². The lowest BCUT2D eigenvalue weighted by Gasteiger charge is -1.94. The summed E-state index contributed by atoms with van der Waals surface area (Å²) in [5.74, 6) is -0.0254. The van der Waals surface area contributed by atoms with Crippen LogP contribution in [-0.4, -0.2) is 16.8 Å². The Morgan fingerprint density at radius 1 is 1.62 bits per heavy atom. The van der Waals surface area contributed by atoms with E-state index in [2.05, 4.69) is 0 Å². The Hall–Kier alpha value is -0.950. The van der Waals surface area contributed by atoms with E-state index in [1.54, 1.807) is 13.0 Å². The second kappa shape index (κ2) is 7.69. The number of hydrogen-bond acceptors (Lipinski definition) is 3. The number of carbonyl (C=O) groups is 1. The maximum Gasteiger partial charge on any atom is 0.330 e. The molecule has 0 spiro atoms. The molecule has 0 aromatic carbocycles. The van der Waals surface area contributed by atoms with Crippen molar-refractivity contribution in [2.24, 2.45) is 0 Å². The van der Waals surface area contributed by atoms with E-state index in [0.717, 1.165) is 25.0 Å². The lowest BCUT2D eigenvalue weighted by atomic mass is 10.2. The monoisotopic (exact) mass is 199 g/mol. The first kappa shape index (κ1) is 12.0. The van der Waals surface area contributed by atoms with Crippen molar-refractivity contribution in [1.82, 2.24) is 0 Å². The van der Waals surface area contributed by atoms with Gasteiger partial charge in [-0.1, -0.05) is 6.08 Å². The molecule has 72 valence electrons. The minimum Gasteiger partial charge on any atom is -0.478 e. The molecule has 4 heteroatoms. The lowest BCUT2D eigenvalue weighted by molar-refractivity contribution is -0.132. The molecule has 0 aliphatic rings. The Morgan fingerprint density at radius 3 is 2.85 bits per heavy atom. The lowest BCUT2D eigenvalue weighted by Crippen LogP contribution is -1.95. The van der Waals surface area contributed by atoms with Crippen LogP contribution in [0.15, 0.2) is 11.6 Å². The molecule has 13 heavy (non-hydrogen) atoms. The predicted octanol–water partition coefficient (Wildman–Crippen LogP) is 2.40. The molecule has 0 amide bonds. The van der Waals surface area contributed by atoms with E-state index in [1.165, 1.54) is 11.8 Å². The van der Waals surface area contributed by atoms with Crippen LogP contribution in [0.2, 0.25) is 0 Å². The van der Waals surface area contributed by atoms with Crippen molar-refractivity contribution in [3.63, 3.8) is 0 Å². The highest BCUT2D eigenvalue weighted by atomic mass is 32.2. The summed E-state index contributed by atoms with van der Waals surface area (Å²) in [4.78, 5) is 10.4. The first-order valence-electron chi connectivity index (χ1n) is 4.09. The number of nitriles is 1. The molecule has 0 heterocycles. The van der Waals surface area contributed by atoms with Crippen LogP contribution in [0.25, 0.3) is 0 Å². The Labute approximate surface area is 82.4 Å².